The summed E-state index contributed by atoms with van der Waals surface area (Å²) < 4.78 is 11.0. The molecule has 0 amide bonds. The fourth-order valence-electron chi connectivity index (χ4n) is 2.55. The second kappa shape index (κ2) is 6.37. The number of hydrogen-bond donors (Lipinski definition) is 1. The second-order valence-corrected chi connectivity index (χ2v) is 5.30. The highest BCUT2D eigenvalue weighted by atomic mass is 16.5. The fourth-order valence-corrected chi connectivity index (χ4v) is 2.55. The molecule has 106 valence electrons. The summed E-state index contributed by atoms with van der Waals surface area (Å²) in [6.45, 7) is 6.83. The van der Waals surface area contributed by atoms with Crippen molar-refractivity contribution < 1.29 is 9.47 Å². The molecule has 0 radical (unpaired) electrons. The number of nitrogens with two attached hydrogens (primary N) is 1. The third kappa shape index (κ3) is 3.47. The third-order valence-corrected chi connectivity index (χ3v) is 3.71. The molecule has 19 heavy (non-hydrogen) atoms. The number of nitrogens with zero attached hydrogens (tertiary/aromatic N) is 1. The van der Waals surface area contributed by atoms with Gasteiger partial charge >= 0.3 is 0 Å². The van der Waals surface area contributed by atoms with Crippen LogP contribution in [0, 0.1) is 0 Å². The zero-order valence-corrected chi connectivity index (χ0v) is 12.0. The largest absolute Gasteiger partial charge is 0.496 e. The molecule has 0 aromatic heterocycles. The summed E-state index contributed by atoms with van der Waals surface area (Å²) in [6.07, 6.45) is 0.279. The first-order valence-corrected chi connectivity index (χ1v) is 6.86. The Balaban J connectivity index is 2.05. The molecule has 0 spiro atoms. The van der Waals surface area contributed by atoms with E-state index in [4.69, 9.17) is 15.2 Å². The maximum absolute atomic E-state index is 6.35. The van der Waals surface area contributed by atoms with Gasteiger partial charge in [0.2, 0.25) is 0 Å². The third-order valence-electron chi connectivity index (χ3n) is 3.71. The molecule has 1 saturated heterocycles. The number of morpholine rings is 1. The van der Waals surface area contributed by atoms with Crippen molar-refractivity contribution in [1.82, 2.24) is 4.90 Å². The smallest absolute Gasteiger partial charge is 0.123 e. The fraction of sp³-hybridized carbons (Fsp3) is 0.600. The van der Waals surface area contributed by atoms with Crippen LogP contribution < -0.4 is 10.5 Å². The summed E-state index contributed by atoms with van der Waals surface area (Å²) in [5, 5.41) is 0. The van der Waals surface area contributed by atoms with Crippen molar-refractivity contribution >= 4 is 0 Å². The van der Waals surface area contributed by atoms with Crippen molar-refractivity contribution in [2.75, 3.05) is 26.8 Å². The average molecular weight is 264 g/mol. The van der Waals surface area contributed by atoms with E-state index in [9.17, 15) is 0 Å². The van der Waals surface area contributed by atoms with Crippen LogP contribution in [-0.4, -0.2) is 43.9 Å². The molecule has 1 aliphatic rings. The van der Waals surface area contributed by atoms with Crippen molar-refractivity contribution in [1.29, 1.82) is 0 Å². The Morgan fingerprint density at radius 2 is 2.16 bits per heavy atom. The van der Waals surface area contributed by atoms with Crippen LogP contribution in [0.3, 0.4) is 0 Å². The van der Waals surface area contributed by atoms with Gasteiger partial charge in [0.1, 0.15) is 5.75 Å². The average Bonchev–Trinajstić information content (AvgIpc) is 2.42. The molecule has 4 nitrogen and oxygen atoms in total. The molecule has 0 aliphatic carbocycles. The highest BCUT2D eigenvalue weighted by molar-refractivity contribution is 5.35. The number of para-hydroxylation sites is 1. The normalized spacial score (nSPS) is 26.1. The van der Waals surface area contributed by atoms with Crippen LogP contribution in [0.25, 0.3) is 0 Å². The SMILES string of the molecule is COc1ccccc1C(N)CN1CC(C)OCC1C. The molecular weight excluding hydrogens is 240 g/mol. The summed E-state index contributed by atoms with van der Waals surface area (Å²) in [4.78, 5) is 2.39. The number of rotatable bonds is 4. The first-order chi connectivity index (χ1) is 9.11. The summed E-state index contributed by atoms with van der Waals surface area (Å²) >= 11 is 0. The van der Waals surface area contributed by atoms with Crippen LogP contribution in [0.1, 0.15) is 25.5 Å². The first-order valence-electron chi connectivity index (χ1n) is 6.86. The second-order valence-electron chi connectivity index (χ2n) is 5.30. The first kappa shape index (κ1) is 14.3. The topological polar surface area (TPSA) is 47.7 Å². The Kier molecular flexibility index (Phi) is 4.80. The van der Waals surface area contributed by atoms with Gasteiger partial charge in [-0.05, 0) is 19.9 Å². The summed E-state index contributed by atoms with van der Waals surface area (Å²) in [5.41, 5.74) is 7.41. The van der Waals surface area contributed by atoms with E-state index in [1.807, 2.05) is 24.3 Å². The molecule has 4 heteroatoms. The van der Waals surface area contributed by atoms with Crippen molar-refractivity contribution in [3.05, 3.63) is 29.8 Å². The van der Waals surface area contributed by atoms with Gasteiger partial charge in [0.25, 0.3) is 0 Å². The van der Waals surface area contributed by atoms with Crippen LogP contribution >= 0.6 is 0 Å². The minimum Gasteiger partial charge on any atom is -0.496 e. The van der Waals surface area contributed by atoms with E-state index < -0.39 is 0 Å². The van der Waals surface area contributed by atoms with E-state index in [2.05, 4.69) is 18.7 Å². The molecule has 2 rings (SSSR count). The molecule has 3 atom stereocenters. The zero-order valence-electron chi connectivity index (χ0n) is 12.0. The van der Waals surface area contributed by atoms with E-state index in [1.165, 1.54) is 0 Å². The highest BCUT2D eigenvalue weighted by Crippen LogP contribution is 2.25. The predicted octanol–water partition coefficient (Wildman–Crippen LogP) is 1.80. The Labute approximate surface area is 115 Å². The molecule has 1 aromatic carbocycles. The molecule has 0 saturated carbocycles. The maximum atomic E-state index is 6.35. The van der Waals surface area contributed by atoms with Crippen LogP contribution in [0.2, 0.25) is 0 Å². The van der Waals surface area contributed by atoms with Gasteiger partial charge in [0.05, 0.1) is 19.8 Å². The summed E-state index contributed by atoms with van der Waals surface area (Å²) in [6, 6.07) is 8.34. The Bertz CT molecular complexity index is 411. The minimum absolute atomic E-state index is 0.0381. The van der Waals surface area contributed by atoms with E-state index in [0.717, 1.165) is 31.0 Å². The predicted molar refractivity (Wildman–Crippen MR) is 76.4 cm³/mol. The zero-order chi connectivity index (χ0) is 13.8. The van der Waals surface area contributed by atoms with Gasteiger partial charge < -0.3 is 15.2 Å². The summed E-state index contributed by atoms with van der Waals surface area (Å²) in [7, 11) is 1.69. The number of methoxy groups -OCH3 is 1. The van der Waals surface area contributed by atoms with Crippen molar-refractivity contribution in [2.45, 2.75) is 32.0 Å². The van der Waals surface area contributed by atoms with Crippen LogP contribution in [0.5, 0.6) is 5.75 Å². The van der Waals surface area contributed by atoms with E-state index in [0.29, 0.717) is 6.04 Å². The molecule has 1 aliphatic heterocycles. The quantitative estimate of drug-likeness (QED) is 0.901. The number of benzene rings is 1. The van der Waals surface area contributed by atoms with Crippen LogP contribution in [0.15, 0.2) is 24.3 Å². The maximum Gasteiger partial charge on any atom is 0.123 e. The van der Waals surface area contributed by atoms with Crippen molar-refractivity contribution in [3.8, 4) is 5.75 Å². The lowest BCUT2D eigenvalue weighted by atomic mass is 10.0. The molecule has 3 unspecified atom stereocenters. The van der Waals surface area contributed by atoms with Gasteiger partial charge in [-0.2, -0.15) is 0 Å². The van der Waals surface area contributed by atoms with Gasteiger partial charge in [0, 0.05) is 30.7 Å². The van der Waals surface area contributed by atoms with Crippen LogP contribution in [0.4, 0.5) is 0 Å². The molecule has 1 aromatic rings. The van der Waals surface area contributed by atoms with Gasteiger partial charge in [-0.25, -0.2) is 0 Å². The Morgan fingerprint density at radius 3 is 2.89 bits per heavy atom. The summed E-state index contributed by atoms with van der Waals surface area (Å²) in [5.74, 6) is 0.865. The van der Waals surface area contributed by atoms with E-state index in [-0.39, 0.29) is 12.1 Å². The van der Waals surface area contributed by atoms with Gasteiger partial charge in [-0.15, -0.1) is 0 Å². The van der Waals surface area contributed by atoms with Crippen LogP contribution in [-0.2, 0) is 4.74 Å². The monoisotopic (exact) mass is 264 g/mol. The molecule has 1 heterocycles. The minimum atomic E-state index is -0.0381. The molecule has 2 N–H and O–H groups in total. The lowest BCUT2D eigenvalue weighted by Crippen LogP contribution is -2.49. The van der Waals surface area contributed by atoms with Gasteiger partial charge in [-0.3, -0.25) is 4.90 Å². The molecule has 0 bridgehead atoms. The number of hydrogen-bond acceptors (Lipinski definition) is 4. The van der Waals surface area contributed by atoms with Gasteiger partial charge in [-0.1, -0.05) is 18.2 Å². The lowest BCUT2D eigenvalue weighted by Gasteiger charge is -2.38. The standard InChI is InChI=1S/C15H24N2O2/c1-11-10-19-12(2)8-17(11)9-14(16)13-6-4-5-7-15(13)18-3/h4-7,11-12,14H,8-10,16H2,1-3H3. The highest BCUT2D eigenvalue weighted by Gasteiger charge is 2.25. The Morgan fingerprint density at radius 1 is 1.42 bits per heavy atom. The van der Waals surface area contributed by atoms with E-state index >= 15 is 0 Å². The van der Waals surface area contributed by atoms with Crippen molar-refractivity contribution in [3.63, 3.8) is 0 Å². The molecular formula is C15H24N2O2. The number of ether oxygens (including phenoxy) is 2. The molecule has 1 fully saturated rings. The lowest BCUT2D eigenvalue weighted by molar-refractivity contribution is -0.0510. The van der Waals surface area contributed by atoms with Gasteiger partial charge in [0.15, 0.2) is 0 Å². The Hall–Kier alpha value is -1.10. The van der Waals surface area contributed by atoms with E-state index in [1.54, 1.807) is 7.11 Å². The van der Waals surface area contributed by atoms with Crippen molar-refractivity contribution in [2.24, 2.45) is 5.73 Å².